The normalized spacial score (nSPS) is 11.5. The SMILES string of the molecule is CCn1nc(C)cc1C(=O)Nc1nnc(-c2ccc(S(=O)(=O)CC)cc2)o1. The van der Waals surface area contributed by atoms with Gasteiger partial charge >= 0.3 is 6.01 Å². The fraction of sp³-hybridized carbons (Fsp3) is 0.294. The van der Waals surface area contributed by atoms with Gasteiger partial charge < -0.3 is 4.42 Å². The highest BCUT2D eigenvalue weighted by molar-refractivity contribution is 7.91. The molecule has 0 radical (unpaired) electrons. The molecule has 2 aromatic heterocycles. The molecule has 1 aromatic carbocycles. The second-order valence-electron chi connectivity index (χ2n) is 5.78. The first kappa shape index (κ1) is 18.8. The Balaban J connectivity index is 1.78. The van der Waals surface area contributed by atoms with Gasteiger partial charge in [0.2, 0.25) is 5.89 Å². The number of benzene rings is 1. The minimum absolute atomic E-state index is 0.0247. The van der Waals surface area contributed by atoms with Crippen LogP contribution in [0.1, 0.15) is 30.0 Å². The van der Waals surface area contributed by atoms with E-state index in [1.807, 2.05) is 6.92 Å². The lowest BCUT2D eigenvalue weighted by atomic mass is 10.2. The van der Waals surface area contributed by atoms with E-state index >= 15 is 0 Å². The van der Waals surface area contributed by atoms with Gasteiger partial charge in [0.25, 0.3) is 5.91 Å². The van der Waals surface area contributed by atoms with Crippen LogP contribution in [0.3, 0.4) is 0 Å². The van der Waals surface area contributed by atoms with Crippen LogP contribution in [0, 0.1) is 6.92 Å². The number of anilines is 1. The fourth-order valence-corrected chi connectivity index (χ4v) is 3.38. The van der Waals surface area contributed by atoms with Gasteiger partial charge in [0.1, 0.15) is 5.69 Å². The van der Waals surface area contributed by atoms with Crippen molar-refractivity contribution in [2.45, 2.75) is 32.2 Å². The molecular formula is C17H19N5O4S. The average molecular weight is 389 g/mol. The summed E-state index contributed by atoms with van der Waals surface area (Å²) < 4.78 is 30.8. The fourth-order valence-electron chi connectivity index (χ4n) is 2.49. The Morgan fingerprint density at radius 1 is 1.19 bits per heavy atom. The predicted molar refractivity (Wildman–Crippen MR) is 98.1 cm³/mol. The third-order valence-electron chi connectivity index (χ3n) is 3.92. The van der Waals surface area contributed by atoms with Gasteiger partial charge in [0.15, 0.2) is 9.84 Å². The molecule has 0 aliphatic heterocycles. The van der Waals surface area contributed by atoms with E-state index in [0.29, 0.717) is 17.8 Å². The molecule has 0 bridgehead atoms. The molecule has 27 heavy (non-hydrogen) atoms. The van der Waals surface area contributed by atoms with E-state index in [2.05, 4.69) is 20.6 Å². The molecule has 1 N–H and O–H groups in total. The van der Waals surface area contributed by atoms with E-state index in [1.54, 1.807) is 36.7 Å². The number of carbonyl (C=O) groups excluding carboxylic acids is 1. The Hall–Kier alpha value is -3.01. The number of amides is 1. The molecule has 0 spiro atoms. The van der Waals surface area contributed by atoms with Gasteiger partial charge in [-0.05, 0) is 44.2 Å². The summed E-state index contributed by atoms with van der Waals surface area (Å²) in [6, 6.07) is 7.75. The lowest BCUT2D eigenvalue weighted by Gasteiger charge is -2.03. The number of rotatable bonds is 6. The quantitative estimate of drug-likeness (QED) is 0.687. The van der Waals surface area contributed by atoms with E-state index in [-0.39, 0.29) is 22.6 Å². The van der Waals surface area contributed by atoms with Gasteiger partial charge in [0.05, 0.1) is 16.3 Å². The van der Waals surface area contributed by atoms with Crippen LogP contribution >= 0.6 is 0 Å². The molecule has 0 saturated carbocycles. The second-order valence-corrected chi connectivity index (χ2v) is 8.06. The van der Waals surface area contributed by atoms with Crippen molar-refractivity contribution in [3.63, 3.8) is 0 Å². The van der Waals surface area contributed by atoms with Gasteiger partial charge in [-0.2, -0.15) is 5.10 Å². The van der Waals surface area contributed by atoms with Gasteiger partial charge in [-0.25, -0.2) is 8.42 Å². The second kappa shape index (κ2) is 7.31. The van der Waals surface area contributed by atoms with Crippen LogP contribution in [0.25, 0.3) is 11.5 Å². The van der Waals surface area contributed by atoms with Crippen molar-refractivity contribution in [3.05, 3.63) is 41.7 Å². The molecule has 0 aliphatic rings. The van der Waals surface area contributed by atoms with Crippen LogP contribution in [0.2, 0.25) is 0 Å². The van der Waals surface area contributed by atoms with E-state index in [9.17, 15) is 13.2 Å². The maximum atomic E-state index is 12.4. The molecule has 2 heterocycles. The first-order chi connectivity index (χ1) is 12.8. The Morgan fingerprint density at radius 3 is 2.52 bits per heavy atom. The van der Waals surface area contributed by atoms with Crippen molar-refractivity contribution in [2.24, 2.45) is 0 Å². The topological polar surface area (TPSA) is 120 Å². The Bertz CT molecular complexity index is 1070. The van der Waals surface area contributed by atoms with Crippen molar-refractivity contribution >= 4 is 21.8 Å². The third kappa shape index (κ3) is 3.90. The first-order valence-electron chi connectivity index (χ1n) is 8.36. The summed E-state index contributed by atoms with van der Waals surface area (Å²) in [6.45, 7) is 5.83. The van der Waals surface area contributed by atoms with E-state index in [1.165, 1.54) is 12.1 Å². The predicted octanol–water partition coefficient (Wildman–Crippen LogP) is 2.31. The average Bonchev–Trinajstić information content (AvgIpc) is 3.28. The smallest absolute Gasteiger partial charge is 0.322 e. The number of carbonyl (C=O) groups is 1. The maximum Gasteiger partial charge on any atom is 0.322 e. The molecule has 1 amide bonds. The van der Waals surface area contributed by atoms with E-state index in [0.717, 1.165) is 5.69 Å². The zero-order valence-corrected chi connectivity index (χ0v) is 15.9. The van der Waals surface area contributed by atoms with Crippen molar-refractivity contribution < 1.29 is 17.6 Å². The number of sulfone groups is 1. The zero-order chi connectivity index (χ0) is 19.6. The number of hydrogen-bond acceptors (Lipinski definition) is 7. The first-order valence-corrected chi connectivity index (χ1v) is 10.0. The lowest BCUT2D eigenvalue weighted by Crippen LogP contribution is -2.17. The minimum Gasteiger partial charge on any atom is -0.403 e. The lowest BCUT2D eigenvalue weighted by molar-refractivity contribution is 0.101. The van der Waals surface area contributed by atoms with E-state index < -0.39 is 15.7 Å². The summed E-state index contributed by atoms with van der Waals surface area (Å²) in [5.41, 5.74) is 1.67. The zero-order valence-electron chi connectivity index (χ0n) is 15.1. The van der Waals surface area contributed by atoms with Crippen LogP contribution in [0.5, 0.6) is 0 Å². The molecule has 9 nitrogen and oxygen atoms in total. The summed E-state index contributed by atoms with van der Waals surface area (Å²) in [5.74, 6) is -0.209. The maximum absolute atomic E-state index is 12.4. The van der Waals surface area contributed by atoms with Crippen LogP contribution in [0.15, 0.2) is 39.6 Å². The largest absolute Gasteiger partial charge is 0.403 e. The molecule has 3 rings (SSSR count). The number of hydrogen-bond donors (Lipinski definition) is 1. The summed E-state index contributed by atoms with van der Waals surface area (Å²) in [6.07, 6.45) is 0. The molecule has 0 aliphatic carbocycles. The number of aromatic nitrogens is 4. The summed E-state index contributed by atoms with van der Waals surface area (Å²) in [4.78, 5) is 12.6. The highest BCUT2D eigenvalue weighted by Gasteiger charge is 2.17. The molecule has 0 saturated heterocycles. The van der Waals surface area contributed by atoms with Gasteiger partial charge in [-0.15, -0.1) is 5.10 Å². The Kier molecular flexibility index (Phi) is 5.08. The van der Waals surface area contributed by atoms with Crippen LogP contribution < -0.4 is 5.32 Å². The monoisotopic (exact) mass is 389 g/mol. The number of nitrogens with one attached hydrogen (secondary N) is 1. The molecule has 0 atom stereocenters. The standard InChI is InChI=1S/C17H19N5O4S/c1-4-22-14(10-11(3)21-22)15(23)18-17-20-19-16(26-17)12-6-8-13(9-7-12)27(24,25)5-2/h6-10H,4-5H2,1-3H3,(H,18,20,23). The minimum atomic E-state index is -3.28. The van der Waals surface area contributed by atoms with Crippen LogP contribution in [0.4, 0.5) is 6.01 Å². The van der Waals surface area contributed by atoms with Crippen LogP contribution in [-0.4, -0.2) is 40.1 Å². The highest BCUT2D eigenvalue weighted by Crippen LogP contribution is 2.22. The summed E-state index contributed by atoms with van der Waals surface area (Å²) >= 11 is 0. The molecule has 0 fully saturated rings. The molecule has 10 heteroatoms. The third-order valence-corrected chi connectivity index (χ3v) is 5.67. The van der Waals surface area contributed by atoms with Gasteiger partial charge in [-0.3, -0.25) is 14.8 Å². The van der Waals surface area contributed by atoms with Crippen molar-refractivity contribution in [1.29, 1.82) is 0 Å². The van der Waals surface area contributed by atoms with Gasteiger partial charge in [-0.1, -0.05) is 12.0 Å². The van der Waals surface area contributed by atoms with Crippen LogP contribution in [-0.2, 0) is 16.4 Å². The van der Waals surface area contributed by atoms with Gasteiger partial charge in [0, 0.05) is 12.1 Å². The van der Waals surface area contributed by atoms with Crippen molar-refractivity contribution in [2.75, 3.05) is 11.1 Å². The Morgan fingerprint density at radius 2 is 1.89 bits per heavy atom. The number of aryl methyl sites for hydroxylation is 2. The highest BCUT2D eigenvalue weighted by atomic mass is 32.2. The van der Waals surface area contributed by atoms with E-state index in [4.69, 9.17) is 4.42 Å². The Labute approximate surface area is 156 Å². The molecular weight excluding hydrogens is 370 g/mol. The number of nitrogens with zero attached hydrogens (tertiary/aromatic N) is 4. The molecule has 0 unspecified atom stereocenters. The molecule has 3 aromatic rings. The van der Waals surface area contributed by atoms with Crippen molar-refractivity contribution in [3.8, 4) is 11.5 Å². The summed E-state index contributed by atoms with van der Waals surface area (Å²) in [7, 11) is -3.28. The summed E-state index contributed by atoms with van der Waals surface area (Å²) in [5, 5.41) is 14.5. The van der Waals surface area contributed by atoms with Crippen molar-refractivity contribution in [1.82, 2.24) is 20.0 Å². The molecule has 142 valence electrons.